The first kappa shape index (κ1) is 26.3. The fraction of sp³-hybridized carbons (Fsp3) is 0.419. The minimum Gasteiger partial charge on any atom is -0.369 e. The van der Waals surface area contributed by atoms with Crippen LogP contribution in [0, 0.1) is 11.2 Å². The lowest BCUT2D eigenvalue weighted by molar-refractivity contribution is -0.0273. The number of hydrogen-bond donors (Lipinski definition) is 1. The van der Waals surface area contributed by atoms with Crippen LogP contribution in [0.15, 0.2) is 55.0 Å². The van der Waals surface area contributed by atoms with Gasteiger partial charge in [-0.3, -0.25) is 9.58 Å². The van der Waals surface area contributed by atoms with Gasteiger partial charge in [0, 0.05) is 56.1 Å². The molecule has 212 valence electrons. The minimum absolute atomic E-state index is 0.279. The standard InChI is InChI=1S/C31H34ClFN8/c1-21-4-2-3-11-41-29(21)25(14-36-41)28-26(33)15-35-30(38-28)37-27-10-9-24(13-34-27)40-19-31(20-40)17-39(18-31)16-23-7-5-22(12-32)6-8-23/h5-10,13-15,21H,2-4,11-12,16-20H2,1H3,(H,34,35,37,38)/t21-/m0/s1. The summed E-state index contributed by atoms with van der Waals surface area (Å²) < 4.78 is 16.9. The SMILES string of the molecule is C[C@H]1CCCCn2ncc(-c3nc(Nc4ccc(N5CC6(CN(Cc7ccc(CCl)cc7)C6)C5)cn4)ncc3F)c21. The molecule has 1 atom stereocenters. The van der Waals surface area contributed by atoms with Gasteiger partial charge in [0.2, 0.25) is 5.95 Å². The number of hydrogen-bond acceptors (Lipinski definition) is 7. The van der Waals surface area contributed by atoms with Gasteiger partial charge in [-0.05, 0) is 42.0 Å². The van der Waals surface area contributed by atoms with Crippen LogP contribution in [0.5, 0.6) is 0 Å². The Morgan fingerprint density at radius 2 is 1.78 bits per heavy atom. The van der Waals surface area contributed by atoms with E-state index in [-0.39, 0.29) is 5.69 Å². The highest BCUT2D eigenvalue weighted by atomic mass is 35.5. The molecule has 0 saturated carbocycles. The molecule has 1 spiro atoms. The van der Waals surface area contributed by atoms with E-state index in [1.807, 2.05) is 16.9 Å². The second-order valence-corrected chi connectivity index (χ2v) is 12.2. The number of anilines is 3. The molecule has 1 aromatic carbocycles. The Kier molecular flexibility index (Phi) is 6.87. The number of pyridine rings is 1. The molecule has 7 rings (SSSR count). The van der Waals surface area contributed by atoms with Gasteiger partial charge in [-0.15, -0.1) is 11.6 Å². The Morgan fingerprint density at radius 1 is 0.976 bits per heavy atom. The summed E-state index contributed by atoms with van der Waals surface area (Å²) in [7, 11) is 0. The number of halogens is 2. The molecular formula is C31H34ClFN8. The molecule has 0 aliphatic carbocycles. The van der Waals surface area contributed by atoms with Crippen LogP contribution in [-0.4, -0.2) is 55.8 Å². The van der Waals surface area contributed by atoms with Gasteiger partial charge in [0.05, 0.1) is 30.0 Å². The molecule has 2 saturated heterocycles. The largest absolute Gasteiger partial charge is 0.369 e. The highest BCUT2D eigenvalue weighted by Gasteiger charge is 2.51. The minimum atomic E-state index is -0.448. The van der Waals surface area contributed by atoms with Crippen molar-refractivity contribution in [2.75, 3.05) is 36.4 Å². The second-order valence-electron chi connectivity index (χ2n) is 11.9. The van der Waals surface area contributed by atoms with Gasteiger partial charge in [-0.25, -0.2) is 19.3 Å². The van der Waals surface area contributed by atoms with Crippen LogP contribution in [-0.2, 0) is 19.0 Å². The highest BCUT2D eigenvalue weighted by Crippen LogP contribution is 2.42. The third-order valence-electron chi connectivity index (χ3n) is 8.71. The number of rotatable bonds is 7. The van der Waals surface area contributed by atoms with E-state index >= 15 is 0 Å². The summed E-state index contributed by atoms with van der Waals surface area (Å²) in [4.78, 5) is 18.2. The summed E-state index contributed by atoms with van der Waals surface area (Å²) in [5.41, 5.74) is 6.06. The van der Waals surface area contributed by atoms with Crippen molar-refractivity contribution in [3.63, 3.8) is 0 Å². The fourth-order valence-corrected chi connectivity index (χ4v) is 6.83. The van der Waals surface area contributed by atoms with E-state index in [2.05, 4.69) is 72.4 Å². The van der Waals surface area contributed by atoms with Crippen LogP contribution >= 0.6 is 11.6 Å². The first-order valence-corrected chi connectivity index (χ1v) is 14.9. The molecule has 8 nitrogen and oxygen atoms in total. The Labute approximate surface area is 244 Å². The number of aryl methyl sites for hydroxylation is 1. The second kappa shape index (κ2) is 10.7. The molecule has 1 N–H and O–H groups in total. The zero-order chi connectivity index (χ0) is 28.0. The monoisotopic (exact) mass is 572 g/mol. The molecule has 3 aliphatic heterocycles. The van der Waals surface area contributed by atoms with Crippen LogP contribution in [0.2, 0.25) is 0 Å². The Hall–Kier alpha value is -3.56. The van der Waals surface area contributed by atoms with Crippen LogP contribution in [0.1, 0.15) is 48.9 Å². The van der Waals surface area contributed by atoms with Crippen LogP contribution in [0.4, 0.5) is 21.8 Å². The average Bonchev–Trinajstić information content (AvgIpc) is 3.28. The highest BCUT2D eigenvalue weighted by molar-refractivity contribution is 6.17. The fourth-order valence-electron chi connectivity index (χ4n) is 6.65. The van der Waals surface area contributed by atoms with E-state index in [4.69, 9.17) is 11.6 Å². The topological polar surface area (TPSA) is 75.0 Å². The summed E-state index contributed by atoms with van der Waals surface area (Å²) in [6.07, 6.45) is 8.13. The Balaban J connectivity index is 0.964. The van der Waals surface area contributed by atoms with E-state index in [1.54, 1.807) is 6.20 Å². The van der Waals surface area contributed by atoms with Crippen molar-refractivity contribution in [1.29, 1.82) is 0 Å². The van der Waals surface area contributed by atoms with Crippen LogP contribution in [0.25, 0.3) is 11.3 Å². The Morgan fingerprint density at radius 3 is 2.54 bits per heavy atom. The third-order valence-corrected chi connectivity index (χ3v) is 9.02. The maximum absolute atomic E-state index is 14.9. The summed E-state index contributed by atoms with van der Waals surface area (Å²) >= 11 is 5.91. The first-order valence-electron chi connectivity index (χ1n) is 14.4. The number of aromatic nitrogens is 5. The number of nitrogens with zero attached hydrogens (tertiary/aromatic N) is 7. The number of benzene rings is 1. The lowest BCUT2D eigenvalue weighted by Crippen LogP contribution is -2.71. The van der Waals surface area contributed by atoms with Crippen molar-refractivity contribution in [3.8, 4) is 11.3 Å². The Bertz CT molecular complexity index is 1520. The maximum Gasteiger partial charge on any atom is 0.229 e. The van der Waals surface area contributed by atoms with Gasteiger partial charge in [-0.1, -0.05) is 37.6 Å². The number of fused-ring (bicyclic) bond motifs is 1. The van der Waals surface area contributed by atoms with E-state index in [9.17, 15) is 4.39 Å². The van der Waals surface area contributed by atoms with Crippen molar-refractivity contribution >= 4 is 29.1 Å². The van der Waals surface area contributed by atoms with E-state index < -0.39 is 5.82 Å². The van der Waals surface area contributed by atoms with Crippen molar-refractivity contribution < 1.29 is 4.39 Å². The molecule has 6 heterocycles. The number of alkyl halides is 1. The number of nitrogens with one attached hydrogen (secondary N) is 1. The zero-order valence-electron chi connectivity index (χ0n) is 23.2. The van der Waals surface area contributed by atoms with Gasteiger partial charge in [0.15, 0.2) is 5.82 Å². The van der Waals surface area contributed by atoms with Crippen LogP contribution in [0.3, 0.4) is 0 Å². The molecule has 0 unspecified atom stereocenters. The average molecular weight is 573 g/mol. The maximum atomic E-state index is 14.9. The van der Waals surface area contributed by atoms with Gasteiger partial charge < -0.3 is 10.2 Å². The van der Waals surface area contributed by atoms with Crippen molar-refractivity contribution in [1.82, 2.24) is 29.6 Å². The zero-order valence-corrected chi connectivity index (χ0v) is 24.0. The molecule has 41 heavy (non-hydrogen) atoms. The lowest BCUT2D eigenvalue weighted by atomic mass is 9.72. The molecule has 2 fully saturated rings. The smallest absolute Gasteiger partial charge is 0.229 e. The number of likely N-dealkylation sites (tertiary alicyclic amines) is 1. The molecule has 0 amide bonds. The van der Waals surface area contributed by atoms with E-state index in [1.165, 1.54) is 11.8 Å². The van der Waals surface area contributed by atoms with Gasteiger partial charge in [0.1, 0.15) is 11.5 Å². The van der Waals surface area contributed by atoms with E-state index in [0.29, 0.717) is 29.0 Å². The van der Waals surface area contributed by atoms with Gasteiger partial charge >= 0.3 is 0 Å². The van der Waals surface area contributed by atoms with Crippen molar-refractivity contribution in [2.45, 2.75) is 51.1 Å². The predicted molar refractivity (Wildman–Crippen MR) is 159 cm³/mol. The predicted octanol–water partition coefficient (Wildman–Crippen LogP) is 5.97. The van der Waals surface area contributed by atoms with Gasteiger partial charge in [0.25, 0.3) is 0 Å². The summed E-state index contributed by atoms with van der Waals surface area (Å²) in [5.74, 6) is 1.35. The summed E-state index contributed by atoms with van der Waals surface area (Å²) in [6.45, 7) is 8.35. The van der Waals surface area contributed by atoms with Crippen LogP contribution < -0.4 is 10.2 Å². The van der Waals surface area contributed by atoms with Crippen molar-refractivity contribution in [2.24, 2.45) is 5.41 Å². The summed E-state index contributed by atoms with van der Waals surface area (Å²) in [6, 6.07) is 12.6. The molecule has 10 heteroatoms. The summed E-state index contributed by atoms with van der Waals surface area (Å²) in [5, 5.41) is 7.69. The normalized spacial score (nSPS) is 19.8. The molecule has 0 bridgehead atoms. The van der Waals surface area contributed by atoms with Gasteiger partial charge in [-0.2, -0.15) is 5.10 Å². The molecule has 0 radical (unpaired) electrons. The quantitative estimate of drug-likeness (QED) is 0.274. The molecule has 3 aliphatic rings. The molecule has 4 aromatic rings. The molecular weight excluding hydrogens is 539 g/mol. The van der Waals surface area contributed by atoms with E-state index in [0.717, 1.165) is 81.0 Å². The van der Waals surface area contributed by atoms with Crippen molar-refractivity contribution in [3.05, 3.63) is 77.6 Å². The first-order chi connectivity index (χ1) is 20.0. The third kappa shape index (κ3) is 5.17. The lowest BCUT2D eigenvalue weighted by Gasteiger charge is -2.61. The molecule has 3 aromatic heterocycles.